The molecule has 4 nitrogen and oxygen atoms in total. The Bertz CT molecular complexity index is 783. The van der Waals surface area contributed by atoms with Crippen LogP contribution in [0.4, 0.5) is 5.69 Å². The summed E-state index contributed by atoms with van der Waals surface area (Å²) in [6, 6.07) is 15.6. The standard InChI is InChI=1S/C20H21ClN2O2/c21-17-7-3-2-6-16(17)20(9-10-20)22-19(24)15-5-1-4-8-18(15)23-11-13-25-14-12-23/h1-8H,9-14H2,(H,22,24). The lowest BCUT2D eigenvalue weighted by atomic mass is 10.0. The Labute approximate surface area is 152 Å². The number of nitrogens with one attached hydrogen (secondary N) is 1. The summed E-state index contributed by atoms with van der Waals surface area (Å²) in [4.78, 5) is 15.3. The van der Waals surface area contributed by atoms with Gasteiger partial charge in [-0.2, -0.15) is 0 Å². The second-order valence-corrected chi connectivity index (χ2v) is 7.04. The number of hydrogen-bond acceptors (Lipinski definition) is 3. The number of benzene rings is 2. The van der Waals surface area contributed by atoms with Gasteiger partial charge in [0.25, 0.3) is 5.91 Å². The molecule has 4 rings (SSSR count). The molecule has 1 aliphatic heterocycles. The third-order valence-electron chi connectivity index (χ3n) is 4.99. The third kappa shape index (κ3) is 3.24. The van der Waals surface area contributed by atoms with Crippen molar-refractivity contribution < 1.29 is 9.53 Å². The Morgan fingerprint density at radius 2 is 1.72 bits per heavy atom. The van der Waals surface area contributed by atoms with Gasteiger partial charge in [0, 0.05) is 23.8 Å². The van der Waals surface area contributed by atoms with Crippen molar-refractivity contribution in [2.45, 2.75) is 18.4 Å². The van der Waals surface area contributed by atoms with Crippen LogP contribution < -0.4 is 10.2 Å². The number of nitrogens with zero attached hydrogens (tertiary/aromatic N) is 1. The molecule has 0 spiro atoms. The smallest absolute Gasteiger partial charge is 0.254 e. The zero-order chi connectivity index (χ0) is 17.3. The van der Waals surface area contributed by atoms with Gasteiger partial charge in [0.05, 0.1) is 24.3 Å². The highest BCUT2D eigenvalue weighted by atomic mass is 35.5. The first-order valence-corrected chi connectivity index (χ1v) is 9.07. The van der Waals surface area contributed by atoms with Gasteiger partial charge in [-0.3, -0.25) is 4.79 Å². The molecule has 0 aromatic heterocycles. The molecule has 2 aromatic carbocycles. The number of morpholine rings is 1. The molecule has 1 N–H and O–H groups in total. The zero-order valence-electron chi connectivity index (χ0n) is 14.0. The van der Waals surface area contributed by atoms with Crippen molar-refractivity contribution in [1.82, 2.24) is 5.32 Å². The molecule has 2 fully saturated rings. The Morgan fingerprint density at radius 3 is 2.44 bits per heavy atom. The van der Waals surface area contributed by atoms with Gasteiger partial charge in [-0.25, -0.2) is 0 Å². The minimum absolute atomic E-state index is 0.0421. The summed E-state index contributed by atoms with van der Waals surface area (Å²) in [6.45, 7) is 3.00. The summed E-state index contributed by atoms with van der Waals surface area (Å²) in [5, 5.41) is 3.95. The van der Waals surface area contributed by atoms with Gasteiger partial charge in [0.15, 0.2) is 0 Å². The highest BCUT2D eigenvalue weighted by Crippen LogP contribution is 2.48. The van der Waals surface area contributed by atoms with Crippen LogP contribution in [0.25, 0.3) is 0 Å². The van der Waals surface area contributed by atoms with Gasteiger partial charge < -0.3 is 15.0 Å². The molecule has 1 saturated heterocycles. The van der Waals surface area contributed by atoms with Crippen molar-refractivity contribution in [3.63, 3.8) is 0 Å². The molecule has 2 aromatic rings. The molecule has 1 aliphatic carbocycles. The summed E-state index contributed by atoms with van der Waals surface area (Å²) in [5.41, 5.74) is 2.36. The molecule has 1 amide bonds. The van der Waals surface area contributed by atoms with Crippen LogP contribution in [0.1, 0.15) is 28.8 Å². The van der Waals surface area contributed by atoms with Crippen LogP contribution in [0.15, 0.2) is 48.5 Å². The first-order chi connectivity index (χ1) is 12.2. The van der Waals surface area contributed by atoms with E-state index < -0.39 is 0 Å². The zero-order valence-corrected chi connectivity index (χ0v) is 14.8. The molecule has 0 bridgehead atoms. The maximum Gasteiger partial charge on any atom is 0.254 e. The van der Waals surface area contributed by atoms with Gasteiger partial charge in [-0.1, -0.05) is 41.9 Å². The molecule has 0 atom stereocenters. The van der Waals surface area contributed by atoms with Crippen LogP contribution in [0.2, 0.25) is 5.02 Å². The molecule has 2 aliphatic rings. The second-order valence-electron chi connectivity index (χ2n) is 6.63. The highest BCUT2D eigenvalue weighted by molar-refractivity contribution is 6.31. The van der Waals surface area contributed by atoms with Gasteiger partial charge in [0.1, 0.15) is 0 Å². The Hall–Kier alpha value is -2.04. The average molecular weight is 357 g/mol. The van der Waals surface area contributed by atoms with Gasteiger partial charge in [-0.05, 0) is 36.6 Å². The van der Waals surface area contributed by atoms with Crippen LogP contribution in [-0.2, 0) is 10.3 Å². The number of rotatable bonds is 4. The van der Waals surface area contributed by atoms with E-state index in [2.05, 4.69) is 10.2 Å². The fraction of sp³-hybridized carbons (Fsp3) is 0.350. The number of para-hydroxylation sites is 1. The predicted molar refractivity (Wildman–Crippen MR) is 99.3 cm³/mol. The lowest BCUT2D eigenvalue weighted by Crippen LogP contribution is -2.39. The maximum atomic E-state index is 13.0. The van der Waals surface area contributed by atoms with E-state index in [0.717, 1.165) is 37.2 Å². The Morgan fingerprint density at radius 1 is 1.04 bits per heavy atom. The topological polar surface area (TPSA) is 41.6 Å². The molecular weight excluding hydrogens is 336 g/mol. The van der Waals surface area contributed by atoms with Crippen molar-refractivity contribution >= 4 is 23.2 Å². The first-order valence-electron chi connectivity index (χ1n) is 8.69. The fourth-order valence-corrected chi connectivity index (χ4v) is 3.78. The minimum atomic E-state index is -0.326. The summed E-state index contributed by atoms with van der Waals surface area (Å²) >= 11 is 6.36. The van der Waals surface area contributed by atoms with Crippen molar-refractivity contribution in [1.29, 1.82) is 0 Å². The number of hydrogen-bond donors (Lipinski definition) is 1. The lowest BCUT2D eigenvalue weighted by molar-refractivity contribution is 0.0929. The van der Waals surface area contributed by atoms with Crippen molar-refractivity contribution in [2.75, 3.05) is 31.2 Å². The number of halogens is 1. The van der Waals surface area contributed by atoms with E-state index in [1.54, 1.807) is 0 Å². The monoisotopic (exact) mass is 356 g/mol. The number of anilines is 1. The quantitative estimate of drug-likeness (QED) is 0.910. The van der Waals surface area contributed by atoms with E-state index in [9.17, 15) is 4.79 Å². The maximum absolute atomic E-state index is 13.0. The highest BCUT2D eigenvalue weighted by Gasteiger charge is 2.47. The van der Waals surface area contributed by atoms with E-state index in [4.69, 9.17) is 16.3 Å². The number of carbonyl (C=O) groups excluding carboxylic acids is 1. The first kappa shape index (κ1) is 16.4. The summed E-state index contributed by atoms with van der Waals surface area (Å²) in [7, 11) is 0. The molecule has 25 heavy (non-hydrogen) atoms. The van der Waals surface area contributed by atoms with E-state index in [1.165, 1.54) is 0 Å². The number of carbonyl (C=O) groups is 1. The summed E-state index contributed by atoms with van der Waals surface area (Å²) in [6.07, 6.45) is 1.84. The van der Waals surface area contributed by atoms with E-state index >= 15 is 0 Å². The Kier molecular flexibility index (Phi) is 4.40. The largest absolute Gasteiger partial charge is 0.378 e. The van der Waals surface area contributed by atoms with E-state index in [1.807, 2.05) is 48.5 Å². The van der Waals surface area contributed by atoms with Crippen LogP contribution >= 0.6 is 11.6 Å². The van der Waals surface area contributed by atoms with Gasteiger partial charge in [0.2, 0.25) is 0 Å². The second kappa shape index (κ2) is 6.70. The van der Waals surface area contributed by atoms with Gasteiger partial charge in [-0.15, -0.1) is 0 Å². The number of amides is 1. The molecule has 0 radical (unpaired) electrons. The molecule has 1 saturated carbocycles. The summed E-state index contributed by atoms with van der Waals surface area (Å²) in [5.74, 6) is -0.0421. The molecular formula is C20H21ClN2O2. The molecule has 1 heterocycles. The molecule has 130 valence electrons. The van der Waals surface area contributed by atoms with Crippen LogP contribution in [0.3, 0.4) is 0 Å². The normalized spacial score (nSPS) is 18.7. The van der Waals surface area contributed by atoms with Gasteiger partial charge >= 0.3 is 0 Å². The van der Waals surface area contributed by atoms with Crippen molar-refractivity contribution in [2.24, 2.45) is 0 Å². The SMILES string of the molecule is O=C(NC1(c2ccccc2Cl)CC1)c1ccccc1N1CCOCC1. The minimum Gasteiger partial charge on any atom is -0.378 e. The lowest BCUT2D eigenvalue weighted by Gasteiger charge is -2.30. The summed E-state index contributed by atoms with van der Waals surface area (Å²) < 4.78 is 5.43. The van der Waals surface area contributed by atoms with Crippen LogP contribution in [0, 0.1) is 0 Å². The van der Waals surface area contributed by atoms with E-state index in [0.29, 0.717) is 23.8 Å². The predicted octanol–water partition coefficient (Wildman–Crippen LogP) is 3.60. The average Bonchev–Trinajstić information content (AvgIpc) is 3.43. The number of ether oxygens (including phenoxy) is 1. The third-order valence-corrected chi connectivity index (χ3v) is 5.32. The molecule has 5 heteroatoms. The molecule has 0 unspecified atom stereocenters. The fourth-order valence-electron chi connectivity index (χ4n) is 3.47. The van der Waals surface area contributed by atoms with Crippen molar-refractivity contribution in [3.8, 4) is 0 Å². The van der Waals surface area contributed by atoms with Crippen LogP contribution in [0.5, 0.6) is 0 Å². The van der Waals surface area contributed by atoms with Crippen LogP contribution in [-0.4, -0.2) is 32.2 Å². The van der Waals surface area contributed by atoms with E-state index in [-0.39, 0.29) is 11.4 Å². The van der Waals surface area contributed by atoms with Crippen molar-refractivity contribution in [3.05, 3.63) is 64.7 Å². The Balaban J connectivity index is 1.59.